The number of aryl methyl sites for hydroxylation is 1. The Labute approximate surface area is 207 Å². The van der Waals surface area contributed by atoms with E-state index in [-0.39, 0.29) is 22.9 Å². The van der Waals surface area contributed by atoms with E-state index in [0.717, 1.165) is 17.5 Å². The van der Waals surface area contributed by atoms with Crippen LogP contribution in [0.3, 0.4) is 0 Å². The summed E-state index contributed by atoms with van der Waals surface area (Å²) in [7, 11) is 0. The van der Waals surface area contributed by atoms with Crippen molar-refractivity contribution in [3.8, 4) is 5.75 Å². The Morgan fingerprint density at radius 2 is 1.60 bits per heavy atom. The Hall–Kier alpha value is -4.30. The number of anilines is 1. The highest BCUT2D eigenvalue weighted by Crippen LogP contribution is 2.23. The fourth-order valence-corrected chi connectivity index (χ4v) is 3.79. The minimum absolute atomic E-state index is 0.0228. The molecular weight excluding hydrogens is 464 g/mol. The maximum absolute atomic E-state index is 13.1. The van der Waals surface area contributed by atoms with E-state index in [0.29, 0.717) is 17.0 Å². The molecule has 0 aliphatic carbocycles. The van der Waals surface area contributed by atoms with Crippen molar-refractivity contribution in [3.05, 3.63) is 101 Å². The van der Waals surface area contributed by atoms with Crippen LogP contribution < -0.4 is 15.0 Å². The molecule has 1 aliphatic heterocycles. The number of carbonyl (C=O) groups is 3. The Kier molecular flexibility index (Phi) is 7.03. The van der Waals surface area contributed by atoms with Gasteiger partial charge in [-0.2, -0.15) is 0 Å². The highest BCUT2D eigenvalue weighted by molar-refractivity contribution is 7.80. The summed E-state index contributed by atoms with van der Waals surface area (Å²) in [6.07, 6.45) is 2.39. The number of hydrogen-bond donors (Lipinski definition) is 2. The van der Waals surface area contributed by atoms with E-state index in [1.807, 2.05) is 19.1 Å². The molecule has 4 rings (SSSR count). The van der Waals surface area contributed by atoms with Crippen LogP contribution in [0.4, 0.5) is 5.69 Å². The van der Waals surface area contributed by atoms with Gasteiger partial charge in [0.1, 0.15) is 17.9 Å². The zero-order valence-corrected chi connectivity index (χ0v) is 19.7. The first-order chi connectivity index (χ1) is 16.9. The van der Waals surface area contributed by atoms with E-state index >= 15 is 0 Å². The molecule has 0 saturated carbocycles. The van der Waals surface area contributed by atoms with Gasteiger partial charge in [-0.3, -0.25) is 19.8 Å². The van der Waals surface area contributed by atoms with Gasteiger partial charge < -0.3 is 9.84 Å². The van der Waals surface area contributed by atoms with Gasteiger partial charge in [0.25, 0.3) is 11.8 Å². The van der Waals surface area contributed by atoms with Gasteiger partial charge in [-0.15, -0.1) is 0 Å². The molecule has 3 aromatic rings. The molecule has 0 spiro atoms. The molecule has 176 valence electrons. The summed E-state index contributed by atoms with van der Waals surface area (Å²) in [6, 6.07) is 20.8. The van der Waals surface area contributed by atoms with E-state index in [1.165, 1.54) is 23.1 Å². The zero-order chi connectivity index (χ0) is 24.9. The number of nitrogens with zero attached hydrogens (tertiary/aromatic N) is 1. The van der Waals surface area contributed by atoms with Gasteiger partial charge in [-0.1, -0.05) is 43.3 Å². The number of thiocarbonyl (C=S) groups is 1. The molecule has 2 amide bonds. The molecule has 0 aromatic heterocycles. The molecule has 1 saturated heterocycles. The van der Waals surface area contributed by atoms with Gasteiger partial charge >= 0.3 is 5.97 Å². The van der Waals surface area contributed by atoms with E-state index in [4.69, 9.17) is 22.1 Å². The first-order valence-corrected chi connectivity index (χ1v) is 11.3. The second-order valence-electron chi connectivity index (χ2n) is 7.84. The third kappa shape index (κ3) is 5.44. The van der Waals surface area contributed by atoms with Gasteiger partial charge in [0.15, 0.2) is 5.11 Å². The predicted molar refractivity (Wildman–Crippen MR) is 136 cm³/mol. The Bertz CT molecular complexity index is 1310. The maximum atomic E-state index is 13.1. The first-order valence-electron chi connectivity index (χ1n) is 10.9. The molecule has 8 heteroatoms. The largest absolute Gasteiger partial charge is 0.489 e. The van der Waals surface area contributed by atoms with Crippen LogP contribution in [0.15, 0.2) is 78.4 Å². The number of nitrogens with one attached hydrogen (secondary N) is 1. The molecule has 0 radical (unpaired) electrons. The predicted octanol–water partition coefficient (Wildman–Crippen LogP) is 4.36. The molecule has 0 bridgehead atoms. The number of carbonyl (C=O) groups excluding carboxylic acids is 2. The standard InChI is InChI=1S/C27H22N2O5S/c1-2-17-5-11-21(12-6-17)29-25(31)23(24(30)28-27(29)35)15-18-7-13-22(14-8-18)34-16-19-3-9-20(10-4-19)26(32)33/h3-15H,2,16H2,1H3,(H,32,33)(H,28,30,35)/b23-15+. The van der Waals surface area contributed by atoms with Crippen molar-refractivity contribution in [1.82, 2.24) is 5.32 Å². The smallest absolute Gasteiger partial charge is 0.335 e. The van der Waals surface area contributed by atoms with Crippen molar-refractivity contribution in [1.29, 1.82) is 0 Å². The van der Waals surface area contributed by atoms with Gasteiger partial charge in [0.2, 0.25) is 0 Å². The fourth-order valence-electron chi connectivity index (χ4n) is 3.51. The lowest BCUT2D eigenvalue weighted by molar-refractivity contribution is -0.122. The average molecular weight is 487 g/mol. The maximum Gasteiger partial charge on any atom is 0.335 e. The Morgan fingerprint density at radius 1 is 0.971 bits per heavy atom. The van der Waals surface area contributed by atoms with Gasteiger partial charge in [-0.25, -0.2) is 4.79 Å². The molecule has 3 aromatic carbocycles. The molecule has 2 N–H and O–H groups in total. The molecule has 7 nitrogen and oxygen atoms in total. The van der Waals surface area contributed by atoms with Crippen molar-refractivity contribution in [2.75, 3.05) is 4.90 Å². The number of amides is 2. The van der Waals surface area contributed by atoms with Crippen molar-refractivity contribution >= 4 is 46.9 Å². The number of aromatic carboxylic acids is 1. The fraction of sp³-hybridized carbons (Fsp3) is 0.111. The summed E-state index contributed by atoms with van der Waals surface area (Å²) in [4.78, 5) is 37.9. The van der Waals surface area contributed by atoms with Crippen LogP contribution in [-0.2, 0) is 22.6 Å². The van der Waals surface area contributed by atoms with Gasteiger partial charge in [0, 0.05) is 0 Å². The van der Waals surface area contributed by atoms with Gasteiger partial charge in [-0.05, 0) is 77.8 Å². The van der Waals surface area contributed by atoms with Crippen LogP contribution in [0.5, 0.6) is 5.75 Å². The molecule has 1 heterocycles. The monoisotopic (exact) mass is 486 g/mol. The summed E-state index contributed by atoms with van der Waals surface area (Å²) in [5, 5.41) is 11.6. The summed E-state index contributed by atoms with van der Waals surface area (Å²) in [5.74, 6) is -1.43. The Morgan fingerprint density at radius 3 is 2.20 bits per heavy atom. The third-order valence-corrected chi connectivity index (χ3v) is 5.79. The lowest BCUT2D eigenvalue weighted by Gasteiger charge is -2.29. The topological polar surface area (TPSA) is 95.9 Å². The highest BCUT2D eigenvalue weighted by Gasteiger charge is 2.34. The lowest BCUT2D eigenvalue weighted by Crippen LogP contribution is -2.54. The van der Waals surface area contributed by atoms with Gasteiger partial charge in [0.05, 0.1) is 11.3 Å². The van der Waals surface area contributed by atoms with E-state index in [1.54, 1.807) is 48.5 Å². The second kappa shape index (κ2) is 10.3. The molecular formula is C27H22N2O5S. The summed E-state index contributed by atoms with van der Waals surface area (Å²) < 4.78 is 5.75. The zero-order valence-electron chi connectivity index (χ0n) is 18.9. The van der Waals surface area contributed by atoms with Crippen molar-refractivity contribution < 1.29 is 24.2 Å². The summed E-state index contributed by atoms with van der Waals surface area (Å²) >= 11 is 5.25. The van der Waals surface area contributed by atoms with Crippen molar-refractivity contribution in [2.45, 2.75) is 20.0 Å². The van der Waals surface area contributed by atoms with Crippen LogP contribution in [-0.4, -0.2) is 28.0 Å². The number of rotatable bonds is 7. The molecule has 35 heavy (non-hydrogen) atoms. The molecule has 0 unspecified atom stereocenters. The van der Waals surface area contributed by atoms with Crippen LogP contribution in [0.2, 0.25) is 0 Å². The minimum atomic E-state index is -0.980. The second-order valence-corrected chi connectivity index (χ2v) is 8.22. The number of carboxylic acids is 1. The third-order valence-electron chi connectivity index (χ3n) is 5.50. The van der Waals surface area contributed by atoms with Crippen LogP contribution >= 0.6 is 12.2 Å². The minimum Gasteiger partial charge on any atom is -0.489 e. The number of hydrogen-bond acceptors (Lipinski definition) is 5. The van der Waals surface area contributed by atoms with Crippen molar-refractivity contribution in [2.24, 2.45) is 0 Å². The van der Waals surface area contributed by atoms with E-state index in [9.17, 15) is 14.4 Å². The van der Waals surface area contributed by atoms with Crippen LogP contribution in [0.25, 0.3) is 6.08 Å². The summed E-state index contributed by atoms with van der Waals surface area (Å²) in [6.45, 7) is 2.31. The number of benzene rings is 3. The van der Waals surface area contributed by atoms with E-state index < -0.39 is 17.8 Å². The normalized spacial score (nSPS) is 14.7. The quantitative estimate of drug-likeness (QED) is 0.293. The van der Waals surface area contributed by atoms with Crippen LogP contribution in [0.1, 0.15) is 34.0 Å². The lowest BCUT2D eigenvalue weighted by atomic mass is 10.1. The molecule has 1 aliphatic rings. The SMILES string of the molecule is CCc1ccc(N2C(=O)/C(=C/c3ccc(OCc4ccc(C(=O)O)cc4)cc3)C(=O)NC2=S)cc1. The first kappa shape index (κ1) is 23.8. The van der Waals surface area contributed by atoms with Crippen LogP contribution in [0, 0.1) is 0 Å². The average Bonchev–Trinajstić information content (AvgIpc) is 2.86. The van der Waals surface area contributed by atoms with E-state index in [2.05, 4.69) is 5.32 Å². The highest BCUT2D eigenvalue weighted by atomic mass is 32.1. The number of carboxylic acid groups (broad SMARTS) is 1. The molecule has 1 fully saturated rings. The summed E-state index contributed by atoms with van der Waals surface area (Å²) in [5.41, 5.74) is 3.38. The number of ether oxygens (including phenoxy) is 1. The molecule has 0 atom stereocenters. The van der Waals surface area contributed by atoms with Crippen molar-refractivity contribution in [3.63, 3.8) is 0 Å². The Balaban J connectivity index is 1.47.